The predicted octanol–water partition coefficient (Wildman–Crippen LogP) is 2.73. The highest BCUT2D eigenvalue weighted by Crippen LogP contribution is 2.44. The van der Waals surface area contributed by atoms with E-state index in [1.165, 1.54) is 31.2 Å². The number of benzene rings is 1. The van der Waals surface area contributed by atoms with Crippen molar-refractivity contribution in [2.24, 2.45) is 5.92 Å². The van der Waals surface area contributed by atoms with E-state index >= 15 is 0 Å². The van der Waals surface area contributed by atoms with Crippen LogP contribution in [-0.4, -0.2) is 72.3 Å². The molecule has 2 aliphatic heterocycles. The summed E-state index contributed by atoms with van der Waals surface area (Å²) in [5.74, 6) is 1.53. The van der Waals surface area contributed by atoms with Crippen molar-refractivity contribution in [3.05, 3.63) is 35.9 Å². The lowest BCUT2D eigenvalue weighted by Crippen LogP contribution is -2.51. The van der Waals surface area contributed by atoms with Gasteiger partial charge in [0.15, 0.2) is 0 Å². The number of carbonyl (C=O) groups excluding carboxylic acids is 2. The van der Waals surface area contributed by atoms with Crippen LogP contribution in [-0.2, 0) is 9.59 Å². The van der Waals surface area contributed by atoms with E-state index in [2.05, 4.69) is 29.2 Å². The molecule has 5 nitrogen and oxygen atoms in total. The second-order valence-electron chi connectivity index (χ2n) is 8.62. The molecule has 28 heavy (non-hydrogen) atoms. The Bertz CT molecular complexity index is 660. The molecule has 5 heteroatoms. The zero-order valence-electron chi connectivity index (χ0n) is 16.9. The van der Waals surface area contributed by atoms with E-state index < -0.39 is 0 Å². The number of carbonyl (C=O) groups is 2. The Morgan fingerprint density at radius 2 is 1.46 bits per heavy atom. The number of hydrogen-bond acceptors (Lipinski definition) is 3. The Hall–Kier alpha value is -1.88. The molecule has 0 N–H and O–H groups in total. The van der Waals surface area contributed by atoms with Gasteiger partial charge in [-0.25, -0.2) is 0 Å². The lowest BCUT2D eigenvalue weighted by Gasteiger charge is -2.36. The lowest BCUT2D eigenvalue weighted by atomic mass is 9.90. The van der Waals surface area contributed by atoms with Gasteiger partial charge in [0.05, 0.1) is 0 Å². The Balaban J connectivity index is 1.23. The van der Waals surface area contributed by atoms with Gasteiger partial charge in [0.2, 0.25) is 11.8 Å². The molecule has 3 aliphatic rings. The Kier molecular flexibility index (Phi) is 6.30. The summed E-state index contributed by atoms with van der Waals surface area (Å²) in [4.78, 5) is 31.7. The number of amides is 2. The fourth-order valence-electron chi connectivity index (χ4n) is 4.70. The molecule has 1 unspecified atom stereocenters. The minimum atomic E-state index is 0.249. The van der Waals surface area contributed by atoms with Crippen molar-refractivity contribution in [2.75, 3.05) is 45.8 Å². The first kappa shape index (κ1) is 19.4. The Labute approximate surface area is 168 Å². The van der Waals surface area contributed by atoms with Crippen molar-refractivity contribution in [2.45, 2.75) is 44.4 Å². The van der Waals surface area contributed by atoms with Crippen molar-refractivity contribution >= 4 is 11.8 Å². The monoisotopic (exact) mass is 383 g/mol. The third kappa shape index (κ3) is 4.93. The molecule has 1 aromatic rings. The average molecular weight is 384 g/mol. The van der Waals surface area contributed by atoms with E-state index in [1.54, 1.807) is 0 Å². The van der Waals surface area contributed by atoms with E-state index in [4.69, 9.17) is 0 Å². The van der Waals surface area contributed by atoms with E-state index in [-0.39, 0.29) is 11.8 Å². The third-order valence-corrected chi connectivity index (χ3v) is 6.64. The van der Waals surface area contributed by atoms with Gasteiger partial charge < -0.3 is 14.7 Å². The summed E-state index contributed by atoms with van der Waals surface area (Å²) in [5.41, 5.74) is 1.30. The van der Waals surface area contributed by atoms with Gasteiger partial charge in [-0.1, -0.05) is 30.3 Å². The zero-order valence-corrected chi connectivity index (χ0v) is 16.9. The zero-order chi connectivity index (χ0) is 19.3. The maximum Gasteiger partial charge on any atom is 0.223 e. The summed E-state index contributed by atoms with van der Waals surface area (Å²) < 4.78 is 0. The predicted molar refractivity (Wildman–Crippen MR) is 110 cm³/mol. The van der Waals surface area contributed by atoms with Gasteiger partial charge in [-0.3, -0.25) is 9.59 Å². The van der Waals surface area contributed by atoms with Crippen LogP contribution in [0.2, 0.25) is 0 Å². The molecule has 1 aromatic carbocycles. The van der Waals surface area contributed by atoms with E-state index in [0.29, 0.717) is 50.9 Å². The quantitative estimate of drug-likeness (QED) is 0.727. The molecule has 1 aliphatic carbocycles. The molecule has 4 rings (SSSR count). The van der Waals surface area contributed by atoms with Gasteiger partial charge in [0.1, 0.15) is 0 Å². The number of nitrogens with zero attached hydrogens (tertiary/aromatic N) is 3. The molecule has 0 aromatic heterocycles. The van der Waals surface area contributed by atoms with Crippen LogP contribution >= 0.6 is 0 Å². The fraction of sp³-hybridized carbons (Fsp3) is 0.652. The first-order chi connectivity index (χ1) is 13.7. The molecule has 2 amide bonds. The first-order valence-electron chi connectivity index (χ1n) is 11.0. The minimum absolute atomic E-state index is 0.249. The van der Waals surface area contributed by atoms with Crippen molar-refractivity contribution in [3.63, 3.8) is 0 Å². The van der Waals surface area contributed by atoms with Crippen molar-refractivity contribution in [1.82, 2.24) is 14.7 Å². The highest BCUT2D eigenvalue weighted by atomic mass is 16.2. The summed E-state index contributed by atoms with van der Waals surface area (Å²) in [6.07, 6.45) is 6.24. The van der Waals surface area contributed by atoms with Crippen LogP contribution in [0.4, 0.5) is 0 Å². The number of hydrogen-bond donors (Lipinski definition) is 0. The molecular weight excluding hydrogens is 350 g/mol. The molecule has 2 heterocycles. The SMILES string of the molecule is O=C(CCN1CCCC1)N1CCN(C(=O)CC(c2ccccc2)C2CC2)CC1. The maximum absolute atomic E-state index is 12.9. The highest BCUT2D eigenvalue weighted by molar-refractivity contribution is 5.79. The van der Waals surface area contributed by atoms with Crippen LogP contribution in [0.3, 0.4) is 0 Å². The van der Waals surface area contributed by atoms with Crippen LogP contribution < -0.4 is 0 Å². The molecule has 0 radical (unpaired) electrons. The van der Waals surface area contributed by atoms with Gasteiger partial charge in [-0.15, -0.1) is 0 Å². The standard InChI is InChI=1S/C23H33N3O2/c27-22(10-13-24-11-4-5-12-24)25-14-16-26(17-15-25)23(28)18-21(20-8-9-20)19-6-2-1-3-7-19/h1-3,6-7,20-21H,4-5,8-18H2. The number of piperazine rings is 1. The van der Waals surface area contributed by atoms with Crippen LogP contribution in [0.5, 0.6) is 0 Å². The van der Waals surface area contributed by atoms with E-state index in [1.807, 2.05) is 15.9 Å². The molecule has 0 spiro atoms. The van der Waals surface area contributed by atoms with Crippen LogP contribution in [0.1, 0.15) is 50.0 Å². The van der Waals surface area contributed by atoms with Gasteiger partial charge in [-0.2, -0.15) is 0 Å². The summed E-state index contributed by atoms with van der Waals surface area (Å²) >= 11 is 0. The Morgan fingerprint density at radius 1 is 0.857 bits per heavy atom. The largest absolute Gasteiger partial charge is 0.339 e. The fourth-order valence-corrected chi connectivity index (χ4v) is 4.70. The van der Waals surface area contributed by atoms with E-state index in [9.17, 15) is 9.59 Å². The molecular formula is C23H33N3O2. The van der Waals surface area contributed by atoms with Crippen LogP contribution in [0.25, 0.3) is 0 Å². The summed E-state index contributed by atoms with van der Waals surface area (Å²) in [6.45, 7) is 5.89. The second kappa shape index (κ2) is 9.08. The van der Waals surface area contributed by atoms with Crippen LogP contribution in [0.15, 0.2) is 30.3 Å². The molecule has 152 valence electrons. The lowest BCUT2D eigenvalue weighted by molar-refractivity contribution is -0.140. The van der Waals surface area contributed by atoms with Crippen molar-refractivity contribution in [1.29, 1.82) is 0 Å². The first-order valence-corrected chi connectivity index (χ1v) is 11.0. The van der Waals surface area contributed by atoms with Gasteiger partial charge in [-0.05, 0) is 56.2 Å². The molecule has 3 fully saturated rings. The second-order valence-corrected chi connectivity index (χ2v) is 8.62. The van der Waals surface area contributed by atoms with Gasteiger partial charge in [0, 0.05) is 45.6 Å². The highest BCUT2D eigenvalue weighted by Gasteiger charge is 2.35. The summed E-state index contributed by atoms with van der Waals surface area (Å²) in [6, 6.07) is 10.5. The van der Waals surface area contributed by atoms with Crippen molar-refractivity contribution < 1.29 is 9.59 Å². The van der Waals surface area contributed by atoms with Gasteiger partial charge >= 0.3 is 0 Å². The molecule has 1 saturated carbocycles. The number of likely N-dealkylation sites (tertiary alicyclic amines) is 1. The maximum atomic E-state index is 12.9. The normalized spacial score (nSPS) is 21.7. The molecule has 2 saturated heterocycles. The average Bonchev–Trinajstić information content (AvgIpc) is 3.45. The summed E-state index contributed by atoms with van der Waals surface area (Å²) in [7, 11) is 0. The smallest absolute Gasteiger partial charge is 0.223 e. The Morgan fingerprint density at radius 3 is 2.07 bits per heavy atom. The molecule has 0 bridgehead atoms. The van der Waals surface area contributed by atoms with Crippen molar-refractivity contribution in [3.8, 4) is 0 Å². The topological polar surface area (TPSA) is 43.9 Å². The summed E-state index contributed by atoms with van der Waals surface area (Å²) in [5, 5.41) is 0. The minimum Gasteiger partial charge on any atom is -0.339 e. The van der Waals surface area contributed by atoms with E-state index in [0.717, 1.165) is 19.6 Å². The van der Waals surface area contributed by atoms with Crippen LogP contribution in [0, 0.1) is 5.92 Å². The third-order valence-electron chi connectivity index (χ3n) is 6.64. The number of rotatable bonds is 7. The van der Waals surface area contributed by atoms with Gasteiger partial charge in [0.25, 0.3) is 0 Å². The molecule has 1 atom stereocenters.